The van der Waals surface area contributed by atoms with Crippen LogP contribution in [0, 0.1) is 0 Å². The molecular formula is C11H18N4O2S. The molecule has 4 N–H and O–H groups in total. The number of anilines is 2. The van der Waals surface area contributed by atoms with Gasteiger partial charge in [0.05, 0.1) is 5.60 Å². The molecule has 1 saturated carbocycles. The molecule has 0 spiro atoms. The maximum Gasteiger partial charge on any atom is 0.257 e. The van der Waals surface area contributed by atoms with Crippen molar-refractivity contribution in [1.82, 2.24) is 9.69 Å². The molecule has 0 bridgehead atoms. The molecule has 0 unspecified atom stereocenters. The number of rotatable bonds is 5. The van der Waals surface area contributed by atoms with Gasteiger partial charge in [-0.2, -0.15) is 4.37 Å². The molecule has 0 saturated heterocycles. The topological polar surface area (TPSA) is 89.3 Å². The van der Waals surface area contributed by atoms with Crippen molar-refractivity contribution in [3.63, 3.8) is 0 Å². The Morgan fingerprint density at radius 2 is 2.33 bits per heavy atom. The fraction of sp³-hybridized carbons (Fsp3) is 0.636. The Kier molecular flexibility index (Phi) is 3.72. The van der Waals surface area contributed by atoms with E-state index in [1.807, 2.05) is 0 Å². The van der Waals surface area contributed by atoms with Crippen LogP contribution in [0.1, 0.15) is 29.6 Å². The largest absolute Gasteiger partial charge is 0.382 e. The molecule has 1 aliphatic rings. The highest BCUT2D eigenvalue weighted by Crippen LogP contribution is 2.36. The third-order valence-corrected chi connectivity index (χ3v) is 4.26. The van der Waals surface area contributed by atoms with Gasteiger partial charge >= 0.3 is 0 Å². The summed E-state index contributed by atoms with van der Waals surface area (Å²) < 4.78 is 9.53. The number of amides is 1. The number of methoxy groups -OCH3 is 1. The molecule has 100 valence electrons. The molecule has 2 rings (SSSR count). The molecule has 6 nitrogen and oxygen atoms in total. The van der Waals surface area contributed by atoms with Crippen molar-refractivity contribution in [3.05, 3.63) is 5.56 Å². The first-order valence-corrected chi connectivity index (χ1v) is 6.65. The molecular weight excluding hydrogens is 252 g/mol. The van der Waals surface area contributed by atoms with Gasteiger partial charge in [-0.3, -0.25) is 4.79 Å². The van der Waals surface area contributed by atoms with Crippen molar-refractivity contribution in [2.45, 2.75) is 24.9 Å². The number of hydrogen-bond donors (Lipinski definition) is 3. The van der Waals surface area contributed by atoms with Crippen LogP contribution in [0.3, 0.4) is 0 Å². The van der Waals surface area contributed by atoms with E-state index in [0.29, 0.717) is 17.1 Å². The quantitative estimate of drug-likeness (QED) is 0.744. The summed E-state index contributed by atoms with van der Waals surface area (Å²) in [7, 11) is 3.30. The second-order valence-electron chi connectivity index (χ2n) is 4.45. The van der Waals surface area contributed by atoms with Crippen LogP contribution in [0.2, 0.25) is 0 Å². The number of aromatic nitrogens is 1. The molecule has 1 heterocycles. The number of ether oxygens (including phenoxy) is 1. The number of nitrogens with zero attached hydrogens (tertiary/aromatic N) is 1. The van der Waals surface area contributed by atoms with Gasteiger partial charge in [-0.15, -0.1) is 0 Å². The van der Waals surface area contributed by atoms with Crippen molar-refractivity contribution < 1.29 is 9.53 Å². The van der Waals surface area contributed by atoms with Crippen molar-refractivity contribution in [1.29, 1.82) is 0 Å². The van der Waals surface area contributed by atoms with E-state index in [1.54, 1.807) is 14.2 Å². The highest BCUT2D eigenvalue weighted by atomic mass is 32.1. The SMILES string of the molecule is CNC(=O)c1c(N)nsc1NCC1(OC)CCC1. The normalized spacial score (nSPS) is 17.0. The van der Waals surface area contributed by atoms with Gasteiger partial charge in [0.1, 0.15) is 10.6 Å². The maximum atomic E-state index is 11.7. The molecule has 1 aromatic heterocycles. The Hall–Kier alpha value is -1.34. The van der Waals surface area contributed by atoms with E-state index >= 15 is 0 Å². The number of carbonyl (C=O) groups is 1. The average Bonchev–Trinajstić information content (AvgIpc) is 2.69. The highest BCUT2D eigenvalue weighted by Gasteiger charge is 2.37. The van der Waals surface area contributed by atoms with E-state index in [0.717, 1.165) is 12.8 Å². The van der Waals surface area contributed by atoms with E-state index in [4.69, 9.17) is 10.5 Å². The minimum atomic E-state index is -0.219. The fourth-order valence-corrected chi connectivity index (χ4v) is 2.74. The van der Waals surface area contributed by atoms with Gasteiger partial charge in [0.25, 0.3) is 5.91 Å². The number of nitrogens with one attached hydrogen (secondary N) is 2. The molecule has 1 aliphatic carbocycles. The van der Waals surface area contributed by atoms with E-state index in [1.165, 1.54) is 18.0 Å². The van der Waals surface area contributed by atoms with Crippen molar-refractivity contribution in [2.75, 3.05) is 31.8 Å². The molecule has 0 radical (unpaired) electrons. The monoisotopic (exact) mass is 270 g/mol. The van der Waals surface area contributed by atoms with E-state index in [9.17, 15) is 4.79 Å². The Bertz CT molecular complexity index is 437. The van der Waals surface area contributed by atoms with Gasteiger partial charge < -0.3 is 21.1 Å². The van der Waals surface area contributed by atoms with Crippen LogP contribution in [0.4, 0.5) is 10.8 Å². The smallest absolute Gasteiger partial charge is 0.257 e. The highest BCUT2D eigenvalue weighted by molar-refractivity contribution is 7.11. The van der Waals surface area contributed by atoms with Crippen LogP contribution in [-0.2, 0) is 4.74 Å². The van der Waals surface area contributed by atoms with Crippen LogP contribution < -0.4 is 16.4 Å². The Labute approximate surface area is 110 Å². The molecule has 1 fully saturated rings. The molecule has 7 heteroatoms. The first kappa shape index (κ1) is 13.1. The predicted molar refractivity (Wildman–Crippen MR) is 72.0 cm³/mol. The first-order chi connectivity index (χ1) is 8.62. The predicted octanol–water partition coefficient (Wildman–Crippen LogP) is 1.07. The standard InChI is InChI=1S/C11H18N4O2S/c1-13-9(16)7-8(12)15-18-10(7)14-6-11(17-2)4-3-5-11/h14H,3-6H2,1-2H3,(H2,12,15)(H,13,16). The average molecular weight is 270 g/mol. The maximum absolute atomic E-state index is 11.7. The summed E-state index contributed by atoms with van der Waals surface area (Å²) in [6, 6.07) is 0. The second kappa shape index (κ2) is 5.11. The summed E-state index contributed by atoms with van der Waals surface area (Å²) in [6.07, 6.45) is 3.27. The molecule has 0 aromatic carbocycles. The molecule has 1 aromatic rings. The van der Waals surface area contributed by atoms with Crippen LogP contribution in [-0.4, -0.2) is 36.6 Å². The van der Waals surface area contributed by atoms with Crippen LogP contribution in [0.5, 0.6) is 0 Å². The lowest BCUT2D eigenvalue weighted by Crippen LogP contribution is -2.45. The van der Waals surface area contributed by atoms with Crippen LogP contribution in [0.15, 0.2) is 0 Å². The van der Waals surface area contributed by atoms with Gasteiger partial charge in [0.15, 0.2) is 5.82 Å². The van der Waals surface area contributed by atoms with Gasteiger partial charge in [-0.05, 0) is 30.8 Å². The first-order valence-electron chi connectivity index (χ1n) is 5.88. The minimum absolute atomic E-state index is 0.0985. The van der Waals surface area contributed by atoms with E-state index in [2.05, 4.69) is 15.0 Å². The van der Waals surface area contributed by atoms with Gasteiger partial charge in [0, 0.05) is 20.7 Å². The third-order valence-electron chi connectivity index (χ3n) is 3.44. The third kappa shape index (κ3) is 2.28. The summed E-state index contributed by atoms with van der Waals surface area (Å²) in [5, 5.41) is 6.50. The number of nitrogens with two attached hydrogens (primary N) is 1. The van der Waals surface area contributed by atoms with Crippen LogP contribution in [0.25, 0.3) is 0 Å². The summed E-state index contributed by atoms with van der Waals surface area (Å²) in [5.41, 5.74) is 6.03. The number of carbonyl (C=O) groups excluding carboxylic acids is 1. The number of hydrogen-bond acceptors (Lipinski definition) is 6. The van der Waals surface area contributed by atoms with Crippen molar-refractivity contribution in [3.8, 4) is 0 Å². The number of nitrogen functional groups attached to an aromatic ring is 1. The summed E-state index contributed by atoms with van der Waals surface area (Å²) in [5.74, 6) is 0.0470. The Balaban J connectivity index is 2.07. The lowest BCUT2D eigenvalue weighted by molar-refractivity contribution is -0.0600. The van der Waals surface area contributed by atoms with Gasteiger partial charge in [-0.25, -0.2) is 0 Å². The lowest BCUT2D eigenvalue weighted by atomic mass is 9.80. The van der Waals surface area contributed by atoms with E-state index < -0.39 is 0 Å². The molecule has 0 atom stereocenters. The lowest BCUT2D eigenvalue weighted by Gasteiger charge is -2.40. The zero-order valence-electron chi connectivity index (χ0n) is 10.6. The second-order valence-corrected chi connectivity index (χ2v) is 5.22. The zero-order valence-corrected chi connectivity index (χ0v) is 11.4. The van der Waals surface area contributed by atoms with E-state index in [-0.39, 0.29) is 17.3 Å². The molecule has 18 heavy (non-hydrogen) atoms. The van der Waals surface area contributed by atoms with Crippen molar-refractivity contribution >= 4 is 28.3 Å². The zero-order chi connectivity index (χ0) is 13.2. The summed E-state index contributed by atoms with van der Waals surface area (Å²) >= 11 is 1.20. The Morgan fingerprint density at radius 3 is 2.83 bits per heavy atom. The minimum Gasteiger partial charge on any atom is -0.382 e. The fourth-order valence-electron chi connectivity index (χ4n) is 2.03. The summed E-state index contributed by atoms with van der Waals surface area (Å²) in [6.45, 7) is 0.676. The molecule has 1 amide bonds. The van der Waals surface area contributed by atoms with Crippen LogP contribution >= 0.6 is 11.5 Å². The summed E-state index contributed by atoms with van der Waals surface area (Å²) in [4.78, 5) is 11.7. The van der Waals surface area contributed by atoms with Gasteiger partial charge in [0.2, 0.25) is 0 Å². The molecule has 0 aliphatic heterocycles. The van der Waals surface area contributed by atoms with Crippen molar-refractivity contribution in [2.24, 2.45) is 0 Å². The Morgan fingerprint density at radius 1 is 1.61 bits per heavy atom. The van der Waals surface area contributed by atoms with Gasteiger partial charge in [-0.1, -0.05) is 0 Å².